The molecule has 2 rings (SSSR count). The highest BCUT2D eigenvalue weighted by atomic mass is 35.5. The number of rotatable bonds is 8. The number of aryl methyl sites for hydroxylation is 1. The van der Waals surface area contributed by atoms with Gasteiger partial charge in [-0.3, -0.25) is 9.59 Å². The first-order chi connectivity index (χ1) is 13.6. The second-order valence-corrected chi connectivity index (χ2v) is 9.82. The average Bonchev–Trinajstić information content (AvgIpc) is 2.67. The Morgan fingerprint density at radius 3 is 2.41 bits per heavy atom. The van der Waals surface area contributed by atoms with E-state index in [0.717, 1.165) is 9.20 Å². The molecule has 0 radical (unpaired) electrons. The highest BCUT2D eigenvalue weighted by Crippen LogP contribution is 2.23. The molecular formula is C19H21ClN2O5S2. The first-order valence-corrected chi connectivity index (χ1v) is 11.3. The van der Waals surface area contributed by atoms with Gasteiger partial charge in [0, 0.05) is 29.7 Å². The van der Waals surface area contributed by atoms with Crippen molar-refractivity contribution in [3.8, 4) is 0 Å². The van der Waals surface area contributed by atoms with Gasteiger partial charge < -0.3 is 10.1 Å². The van der Waals surface area contributed by atoms with E-state index in [2.05, 4.69) is 5.32 Å². The average molecular weight is 457 g/mol. The maximum atomic E-state index is 12.3. The third kappa shape index (κ3) is 6.74. The van der Waals surface area contributed by atoms with Crippen LogP contribution in [-0.4, -0.2) is 51.1 Å². The minimum atomic E-state index is -3.64. The molecule has 0 saturated carbocycles. The third-order valence-corrected chi connectivity index (χ3v) is 6.96. The number of thioether (sulfide) groups is 1. The monoisotopic (exact) mass is 456 g/mol. The quantitative estimate of drug-likeness (QED) is 0.484. The molecule has 2 aromatic rings. The first kappa shape index (κ1) is 23.2. The molecule has 0 fully saturated rings. The van der Waals surface area contributed by atoms with Crippen LogP contribution in [0.1, 0.15) is 5.56 Å². The maximum Gasteiger partial charge on any atom is 0.316 e. The minimum absolute atomic E-state index is 0.0463. The third-order valence-electron chi connectivity index (χ3n) is 3.77. The number of halogens is 1. The molecule has 156 valence electrons. The van der Waals surface area contributed by atoms with E-state index in [1.807, 2.05) is 0 Å². The van der Waals surface area contributed by atoms with E-state index in [1.54, 1.807) is 43.3 Å². The maximum absolute atomic E-state index is 12.3. The van der Waals surface area contributed by atoms with Crippen molar-refractivity contribution in [1.29, 1.82) is 0 Å². The van der Waals surface area contributed by atoms with Gasteiger partial charge in [0.25, 0.3) is 5.91 Å². The molecule has 1 N–H and O–H groups in total. The zero-order valence-electron chi connectivity index (χ0n) is 16.1. The van der Waals surface area contributed by atoms with Crippen molar-refractivity contribution in [2.24, 2.45) is 0 Å². The lowest BCUT2D eigenvalue weighted by Gasteiger charge is -2.15. The molecule has 7 nitrogen and oxygen atoms in total. The number of benzene rings is 2. The summed E-state index contributed by atoms with van der Waals surface area (Å²) in [5, 5.41) is 3.14. The zero-order chi connectivity index (χ0) is 21.6. The smallest absolute Gasteiger partial charge is 0.316 e. The predicted octanol–water partition coefficient (Wildman–Crippen LogP) is 3.17. The van der Waals surface area contributed by atoms with Crippen LogP contribution in [0.2, 0.25) is 5.02 Å². The van der Waals surface area contributed by atoms with Crippen molar-refractivity contribution >= 4 is 50.9 Å². The summed E-state index contributed by atoms with van der Waals surface area (Å²) in [5.41, 5.74) is 0.856. The van der Waals surface area contributed by atoms with E-state index >= 15 is 0 Å². The van der Waals surface area contributed by atoms with Gasteiger partial charge in [-0.2, -0.15) is 0 Å². The van der Waals surface area contributed by atoms with Crippen molar-refractivity contribution in [1.82, 2.24) is 4.31 Å². The standard InChI is InChI=1S/C19H21ClN2O5S2/c1-13-4-7-15(10-17(13)29(25,26)22(2)3)21-18(23)11-27-19(24)12-28-16-8-5-14(20)6-9-16/h4-10H,11-12H2,1-3H3,(H,21,23). The zero-order valence-corrected chi connectivity index (χ0v) is 18.5. The molecule has 0 aliphatic heterocycles. The molecule has 0 unspecified atom stereocenters. The number of ether oxygens (including phenoxy) is 1. The SMILES string of the molecule is Cc1ccc(NC(=O)COC(=O)CSc2ccc(Cl)cc2)cc1S(=O)(=O)N(C)C. The Hall–Kier alpha value is -2.07. The van der Waals surface area contributed by atoms with Gasteiger partial charge >= 0.3 is 5.97 Å². The topological polar surface area (TPSA) is 92.8 Å². The van der Waals surface area contributed by atoms with Crippen LogP contribution in [0.15, 0.2) is 52.3 Å². The molecule has 0 bridgehead atoms. The van der Waals surface area contributed by atoms with Gasteiger partial charge in [-0.15, -0.1) is 11.8 Å². The van der Waals surface area contributed by atoms with Crippen LogP contribution in [-0.2, 0) is 24.3 Å². The van der Waals surface area contributed by atoms with E-state index in [1.165, 1.54) is 31.9 Å². The van der Waals surface area contributed by atoms with Crippen molar-refractivity contribution in [2.75, 3.05) is 31.8 Å². The highest BCUT2D eigenvalue weighted by molar-refractivity contribution is 8.00. The van der Waals surface area contributed by atoms with Crippen molar-refractivity contribution in [3.05, 3.63) is 53.1 Å². The van der Waals surface area contributed by atoms with Gasteiger partial charge in [0.15, 0.2) is 6.61 Å². The molecule has 0 spiro atoms. The Morgan fingerprint density at radius 1 is 1.14 bits per heavy atom. The number of anilines is 1. The summed E-state index contributed by atoms with van der Waals surface area (Å²) >= 11 is 7.07. The van der Waals surface area contributed by atoms with Crippen LogP contribution >= 0.6 is 23.4 Å². The fourth-order valence-corrected chi connectivity index (χ4v) is 4.18. The second-order valence-electron chi connectivity index (χ2n) is 6.22. The van der Waals surface area contributed by atoms with Crippen LogP contribution < -0.4 is 5.32 Å². The number of esters is 1. The van der Waals surface area contributed by atoms with E-state index in [4.69, 9.17) is 16.3 Å². The Balaban J connectivity index is 1.89. The summed E-state index contributed by atoms with van der Waals surface area (Å²) < 4.78 is 30.7. The summed E-state index contributed by atoms with van der Waals surface area (Å²) in [7, 11) is -0.778. The van der Waals surface area contributed by atoms with E-state index in [-0.39, 0.29) is 10.6 Å². The van der Waals surface area contributed by atoms with E-state index < -0.39 is 28.5 Å². The molecule has 10 heteroatoms. The first-order valence-electron chi connectivity index (χ1n) is 8.46. The predicted molar refractivity (Wildman–Crippen MR) is 114 cm³/mol. The highest BCUT2D eigenvalue weighted by Gasteiger charge is 2.20. The number of carbonyl (C=O) groups excluding carboxylic acids is 2. The number of nitrogens with zero attached hydrogens (tertiary/aromatic N) is 1. The molecule has 0 aliphatic carbocycles. The molecular weight excluding hydrogens is 436 g/mol. The number of hydrogen-bond acceptors (Lipinski definition) is 6. The van der Waals surface area contributed by atoms with Crippen LogP contribution in [0.4, 0.5) is 5.69 Å². The number of amides is 1. The van der Waals surface area contributed by atoms with Crippen LogP contribution in [0.3, 0.4) is 0 Å². The summed E-state index contributed by atoms with van der Waals surface area (Å²) in [4.78, 5) is 24.8. The molecule has 2 aromatic carbocycles. The summed E-state index contributed by atoms with van der Waals surface area (Å²) in [6.45, 7) is 1.20. The molecule has 1 amide bonds. The molecule has 29 heavy (non-hydrogen) atoms. The Bertz CT molecular complexity index is 992. The summed E-state index contributed by atoms with van der Waals surface area (Å²) in [5.74, 6) is -1.06. The molecule has 0 aliphatic rings. The Kier molecular flexibility index (Phi) is 8.09. The van der Waals surface area contributed by atoms with Crippen LogP contribution in [0.25, 0.3) is 0 Å². The van der Waals surface area contributed by atoms with Gasteiger partial charge in [-0.1, -0.05) is 17.7 Å². The van der Waals surface area contributed by atoms with Gasteiger partial charge in [-0.25, -0.2) is 12.7 Å². The fourth-order valence-electron chi connectivity index (χ4n) is 2.21. The van der Waals surface area contributed by atoms with Crippen LogP contribution in [0, 0.1) is 6.92 Å². The van der Waals surface area contributed by atoms with Gasteiger partial charge in [0.05, 0.1) is 10.6 Å². The molecule has 0 aromatic heterocycles. The number of carbonyl (C=O) groups is 2. The molecule has 0 saturated heterocycles. The lowest BCUT2D eigenvalue weighted by atomic mass is 10.2. The van der Waals surface area contributed by atoms with Crippen molar-refractivity contribution < 1.29 is 22.7 Å². The van der Waals surface area contributed by atoms with Gasteiger partial charge in [0.1, 0.15) is 0 Å². The molecule has 0 heterocycles. The summed E-state index contributed by atoms with van der Waals surface area (Å²) in [6.07, 6.45) is 0. The number of nitrogens with one attached hydrogen (secondary N) is 1. The lowest BCUT2D eigenvalue weighted by molar-refractivity contribution is -0.144. The largest absolute Gasteiger partial charge is 0.455 e. The lowest BCUT2D eigenvalue weighted by Crippen LogP contribution is -2.24. The Labute approximate surface area is 179 Å². The van der Waals surface area contributed by atoms with Gasteiger partial charge in [-0.05, 0) is 48.9 Å². The minimum Gasteiger partial charge on any atom is -0.455 e. The fraction of sp³-hybridized carbons (Fsp3) is 0.263. The van der Waals surface area contributed by atoms with Crippen LogP contribution in [0.5, 0.6) is 0 Å². The van der Waals surface area contributed by atoms with E-state index in [0.29, 0.717) is 16.3 Å². The van der Waals surface area contributed by atoms with Crippen molar-refractivity contribution in [2.45, 2.75) is 16.7 Å². The molecule has 0 atom stereocenters. The summed E-state index contributed by atoms with van der Waals surface area (Å²) in [6, 6.07) is 11.6. The van der Waals surface area contributed by atoms with Gasteiger partial charge in [0.2, 0.25) is 10.0 Å². The van der Waals surface area contributed by atoms with E-state index in [9.17, 15) is 18.0 Å². The van der Waals surface area contributed by atoms with Crippen molar-refractivity contribution in [3.63, 3.8) is 0 Å². The number of hydrogen-bond donors (Lipinski definition) is 1. The number of sulfonamides is 1. The normalized spacial score (nSPS) is 11.3. The Morgan fingerprint density at radius 2 is 1.79 bits per heavy atom. The second kappa shape index (κ2) is 10.1.